The molecule has 32 heavy (non-hydrogen) atoms. The average molecular weight is 438 g/mol. The van der Waals surface area contributed by atoms with Crippen LogP contribution in [0.1, 0.15) is 29.8 Å². The third kappa shape index (κ3) is 4.73. The fraction of sp³-hybridized carbons (Fsp3) is 0.478. The summed E-state index contributed by atoms with van der Waals surface area (Å²) in [5.41, 5.74) is 4.75. The van der Waals surface area contributed by atoms with Gasteiger partial charge in [0.05, 0.1) is 29.7 Å². The standard InChI is InChI=1S/C23H31N7O2/c1-15-6-8-19(9-7-15)22-24-20(32-27-22)14-29-10-12-30(13-11-29)18(4)23(31)25-21-16(2)26-28(5)17(21)3/h6-9,18H,10-14H2,1-5H3,(H,25,31). The molecule has 3 heterocycles. The summed E-state index contributed by atoms with van der Waals surface area (Å²) in [6, 6.07) is 7.87. The molecule has 1 unspecified atom stereocenters. The Hall–Kier alpha value is -3.04. The van der Waals surface area contributed by atoms with E-state index in [1.54, 1.807) is 4.68 Å². The molecule has 0 radical (unpaired) electrons. The summed E-state index contributed by atoms with van der Waals surface area (Å²) >= 11 is 0. The van der Waals surface area contributed by atoms with Crippen LogP contribution in [0, 0.1) is 20.8 Å². The number of amides is 1. The van der Waals surface area contributed by atoms with Crippen molar-refractivity contribution in [3.8, 4) is 11.4 Å². The van der Waals surface area contributed by atoms with Crippen molar-refractivity contribution in [3.05, 3.63) is 47.1 Å². The highest BCUT2D eigenvalue weighted by Crippen LogP contribution is 2.20. The van der Waals surface area contributed by atoms with Crippen molar-refractivity contribution < 1.29 is 9.32 Å². The lowest BCUT2D eigenvalue weighted by Gasteiger charge is -2.36. The number of carbonyl (C=O) groups is 1. The lowest BCUT2D eigenvalue weighted by atomic mass is 10.1. The van der Waals surface area contributed by atoms with Crippen molar-refractivity contribution in [2.45, 2.75) is 40.3 Å². The summed E-state index contributed by atoms with van der Waals surface area (Å²) < 4.78 is 7.25. The highest BCUT2D eigenvalue weighted by molar-refractivity contribution is 5.95. The van der Waals surface area contributed by atoms with E-state index >= 15 is 0 Å². The van der Waals surface area contributed by atoms with E-state index in [1.165, 1.54) is 5.56 Å². The third-order valence-electron chi connectivity index (χ3n) is 6.23. The number of hydrogen-bond donors (Lipinski definition) is 1. The first-order valence-electron chi connectivity index (χ1n) is 11.0. The highest BCUT2D eigenvalue weighted by Gasteiger charge is 2.27. The topological polar surface area (TPSA) is 92.3 Å². The number of benzene rings is 1. The van der Waals surface area contributed by atoms with Crippen molar-refractivity contribution in [2.75, 3.05) is 31.5 Å². The Labute approximate surface area is 188 Å². The zero-order chi connectivity index (χ0) is 22.8. The summed E-state index contributed by atoms with van der Waals surface area (Å²) in [6.45, 7) is 11.8. The predicted octanol–water partition coefficient (Wildman–Crippen LogP) is 2.54. The number of aromatic nitrogens is 4. The van der Waals surface area contributed by atoms with Crippen LogP contribution in [0.2, 0.25) is 0 Å². The van der Waals surface area contributed by atoms with Crippen LogP contribution in [0.4, 0.5) is 5.69 Å². The van der Waals surface area contributed by atoms with Crippen LogP contribution < -0.4 is 5.32 Å². The van der Waals surface area contributed by atoms with E-state index in [1.807, 2.05) is 52.1 Å². The van der Waals surface area contributed by atoms with Crippen molar-refractivity contribution >= 4 is 11.6 Å². The average Bonchev–Trinajstić information content (AvgIpc) is 3.34. The SMILES string of the molecule is Cc1ccc(-c2noc(CN3CCN(C(C)C(=O)Nc4c(C)nn(C)c4C)CC3)n2)cc1. The van der Waals surface area contributed by atoms with E-state index < -0.39 is 0 Å². The quantitative estimate of drug-likeness (QED) is 0.633. The fourth-order valence-electron chi connectivity index (χ4n) is 3.99. The van der Waals surface area contributed by atoms with E-state index in [2.05, 4.69) is 37.3 Å². The van der Waals surface area contributed by atoms with E-state index in [0.717, 1.165) is 48.8 Å². The van der Waals surface area contributed by atoms with Gasteiger partial charge in [-0.15, -0.1) is 0 Å². The van der Waals surface area contributed by atoms with E-state index in [-0.39, 0.29) is 11.9 Å². The summed E-state index contributed by atoms with van der Waals surface area (Å²) in [7, 11) is 1.88. The van der Waals surface area contributed by atoms with Crippen LogP contribution in [0.3, 0.4) is 0 Å². The molecule has 1 amide bonds. The van der Waals surface area contributed by atoms with Gasteiger partial charge in [0.2, 0.25) is 17.6 Å². The normalized spacial score (nSPS) is 16.3. The Morgan fingerprint density at radius 3 is 2.44 bits per heavy atom. The molecule has 0 bridgehead atoms. The van der Waals surface area contributed by atoms with Gasteiger partial charge in [-0.25, -0.2) is 0 Å². The molecule has 3 aromatic rings. The molecule has 1 aromatic carbocycles. The maximum absolute atomic E-state index is 12.8. The molecular formula is C23H31N7O2. The van der Waals surface area contributed by atoms with Gasteiger partial charge in [-0.2, -0.15) is 10.1 Å². The molecule has 1 aliphatic heterocycles. The van der Waals surface area contributed by atoms with Gasteiger partial charge in [-0.1, -0.05) is 35.0 Å². The van der Waals surface area contributed by atoms with E-state index in [9.17, 15) is 4.79 Å². The van der Waals surface area contributed by atoms with Gasteiger partial charge in [0.1, 0.15) is 0 Å². The van der Waals surface area contributed by atoms with Gasteiger partial charge in [0.15, 0.2) is 0 Å². The lowest BCUT2D eigenvalue weighted by Crippen LogP contribution is -2.52. The number of rotatable bonds is 6. The largest absolute Gasteiger partial charge is 0.338 e. The van der Waals surface area contributed by atoms with E-state index in [4.69, 9.17) is 4.52 Å². The molecule has 9 heteroatoms. The Bertz CT molecular complexity index is 1080. The molecule has 1 fully saturated rings. The molecule has 4 rings (SSSR count). The van der Waals surface area contributed by atoms with Crippen LogP contribution in [0.15, 0.2) is 28.8 Å². The summed E-state index contributed by atoms with van der Waals surface area (Å²) in [6.07, 6.45) is 0. The molecule has 1 saturated heterocycles. The Morgan fingerprint density at radius 2 is 1.81 bits per heavy atom. The second kappa shape index (κ2) is 9.22. The van der Waals surface area contributed by atoms with Crippen LogP contribution in [0.5, 0.6) is 0 Å². The number of nitrogens with one attached hydrogen (secondary N) is 1. The third-order valence-corrected chi connectivity index (χ3v) is 6.23. The highest BCUT2D eigenvalue weighted by atomic mass is 16.5. The number of aryl methyl sites for hydroxylation is 3. The van der Waals surface area contributed by atoms with Gasteiger partial charge >= 0.3 is 0 Å². The van der Waals surface area contributed by atoms with Crippen molar-refractivity contribution in [1.82, 2.24) is 29.7 Å². The minimum atomic E-state index is -0.215. The predicted molar refractivity (Wildman–Crippen MR) is 122 cm³/mol. The number of piperazine rings is 1. The monoisotopic (exact) mass is 437 g/mol. The minimum Gasteiger partial charge on any atom is -0.338 e. The van der Waals surface area contributed by atoms with Crippen molar-refractivity contribution in [3.63, 3.8) is 0 Å². The molecule has 1 N–H and O–H groups in total. The molecule has 2 aromatic heterocycles. The molecule has 0 spiro atoms. The Kier molecular flexibility index (Phi) is 6.38. The summed E-state index contributed by atoms with van der Waals surface area (Å²) in [5.74, 6) is 1.23. The van der Waals surface area contributed by atoms with Crippen molar-refractivity contribution in [1.29, 1.82) is 0 Å². The Balaban J connectivity index is 1.29. The number of anilines is 1. The number of nitrogens with zero attached hydrogens (tertiary/aromatic N) is 6. The van der Waals surface area contributed by atoms with Crippen LogP contribution >= 0.6 is 0 Å². The first kappa shape index (κ1) is 22.2. The maximum atomic E-state index is 12.8. The van der Waals surface area contributed by atoms with Gasteiger partial charge in [-0.05, 0) is 27.7 Å². The first-order valence-corrected chi connectivity index (χ1v) is 11.0. The van der Waals surface area contributed by atoms with Gasteiger partial charge in [0, 0.05) is 38.8 Å². The number of carbonyl (C=O) groups excluding carboxylic acids is 1. The minimum absolute atomic E-state index is 0.00251. The fourth-order valence-corrected chi connectivity index (χ4v) is 3.99. The molecule has 1 aliphatic rings. The van der Waals surface area contributed by atoms with Crippen molar-refractivity contribution in [2.24, 2.45) is 7.05 Å². The maximum Gasteiger partial charge on any atom is 0.241 e. The van der Waals surface area contributed by atoms with Crippen LogP contribution in [-0.4, -0.2) is 67.8 Å². The summed E-state index contributed by atoms with van der Waals surface area (Å²) in [5, 5.41) is 11.6. The second-order valence-electron chi connectivity index (χ2n) is 8.52. The van der Waals surface area contributed by atoms with Crippen LogP contribution in [0.25, 0.3) is 11.4 Å². The molecule has 1 atom stereocenters. The molecule has 0 aliphatic carbocycles. The number of hydrogen-bond acceptors (Lipinski definition) is 7. The smallest absolute Gasteiger partial charge is 0.241 e. The van der Waals surface area contributed by atoms with Gasteiger partial charge in [0.25, 0.3) is 0 Å². The lowest BCUT2D eigenvalue weighted by molar-refractivity contribution is -0.121. The first-order chi connectivity index (χ1) is 15.3. The van der Waals surface area contributed by atoms with Crippen LogP contribution in [-0.2, 0) is 18.4 Å². The molecule has 9 nitrogen and oxygen atoms in total. The summed E-state index contributed by atoms with van der Waals surface area (Å²) in [4.78, 5) is 21.9. The van der Waals surface area contributed by atoms with Gasteiger partial charge < -0.3 is 9.84 Å². The Morgan fingerprint density at radius 1 is 1.12 bits per heavy atom. The molecule has 170 valence electrons. The zero-order valence-corrected chi connectivity index (χ0v) is 19.4. The molecular weight excluding hydrogens is 406 g/mol. The van der Waals surface area contributed by atoms with E-state index in [0.29, 0.717) is 18.3 Å². The second-order valence-corrected chi connectivity index (χ2v) is 8.52. The molecule has 0 saturated carbocycles. The zero-order valence-electron chi connectivity index (χ0n) is 19.4. The van der Waals surface area contributed by atoms with Gasteiger partial charge in [-0.3, -0.25) is 19.3 Å².